The first-order chi connectivity index (χ1) is 10.1. The van der Waals surface area contributed by atoms with Crippen LogP contribution in [-0.4, -0.2) is 25.2 Å². The first kappa shape index (κ1) is 16.1. The van der Waals surface area contributed by atoms with Crippen LogP contribution in [0.1, 0.15) is 22.6 Å². The molecule has 0 spiro atoms. The van der Waals surface area contributed by atoms with E-state index in [1.807, 2.05) is 13.8 Å². The molecule has 0 amide bonds. The van der Waals surface area contributed by atoms with Crippen LogP contribution in [0.2, 0.25) is 0 Å². The molecule has 1 aromatic heterocycles. The summed E-state index contributed by atoms with van der Waals surface area (Å²) in [6.07, 6.45) is 0. The van der Waals surface area contributed by atoms with E-state index in [9.17, 15) is 0 Å². The zero-order valence-electron chi connectivity index (χ0n) is 13.0. The van der Waals surface area contributed by atoms with Crippen LogP contribution in [0, 0.1) is 20.8 Å². The van der Waals surface area contributed by atoms with Crippen molar-refractivity contribution in [2.45, 2.75) is 37.4 Å². The van der Waals surface area contributed by atoms with Gasteiger partial charge in [0.15, 0.2) is 0 Å². The number of nitrogens with one attached hydrogen (secondary N) is 1. The van der Waals surface area contributed by atoms with Gasteiger partial charge in [-0.25, -0.2) is 4.98 Å². The second kappa shape index (κ2) is 7.64. The van der Waals surface area contributed by atoms with Crippen molar-refractivity contribution in [2.75, 3.05) is 20.3 Å². The SMILES string of the molecule is COCCNCc1ccc(Sc2nc(C)c(C)o2)cc1C. The van der Waals surface area contributed by atoms with Gasteiger partial charge in [0, 0.05) is 25.1 Å². The quantitative estimate of drug-likeness (QED) is 0.794. The molecule has 4 nitrogen and oxygen atoms in total. The van der Waals surface area contributed by atoms with Gasteiger partial charge < -0.3 is 14.5 Å². The highest BCUT2D eigenvalue weighted by molar-refractivity contribution is 7.99. The summed E-state index contributed by atoms with van der Waals surface area (Å²) in [6.45, 7) is 8.48. The Morgan fingerprint density at radius 3 is 2.71 bits per heavy atom. The van der Waals surface area contributed by atoms with E-state index < -0.39 is 0 Å². The molecule has 2 rings (SSSR count). The lowest BCUT2D eigenvalue weighted by Gasteiger charge is -2.09. The third-order valence-corrected chi connectivity index (χ3v) is 4.17. The highest BCUT2D eigenvalue weighted by atomic mass is 32.2. The summed E-state index contributed by atoms with van der Waals surface area (Å²) in [4.78, 5) is 5.55. The Morgan fingerprint density at radius 1 is 1.29 bits per heavy atom. The highest BCUT2D eigenvalue weighted by Gasteiger charge is 2.08. The Balaban J connectivity index is 1.98. The van der Waals surface area contributed by atoms with Crippen molar-refractivity contribution in [3.63, 3.8) is 0 Å². The number of oxazole rings is 1. The van der Waals surface area contributed by atoms with Gasteiger partial charge in [-0.1, -0.05) is 6.07 Å². The average molecular weight is 306 g/mol. The van der Waals surface area contributed by atoms with E-state index in [0.29, 0.717) is 5.22 Å². The van der Waals surface area contributed by atoms with Gasteiger partial charge in [-0.15, -0.1) is 0 Å². The number of hydrogen-bond acceptors (Lipinski definition) is 5. The van der Waals surface area contributed by atoms with E-state index in [-0.39, 0.29) is 0 Å². The van der Waals surface area contributed by atoms with Gasteiger partial charge in [-0.05, 0) is 55.8 Å². The maximum absolute atomic E-state index is 5.61. The molecule has 1 N–H and O–H groups in total. The molecular weight excluding hydrogens is 284 g/mol. The van der Waals surface area contributed by atoms with E-state index in [1.165, 1.54) is 11.1 Å². The number of hydrogen-bond donors (Lipinski definition) is 1. The van der Waals surface area contributed by atoms with Crippen LogP contribution in [0.15, 0.2) is 32.7 Å². The van der Waals surface area contributed by atoms with Gasteiger partial charge in [-0.3, -0.25) is 0 Å². The topological polar surface area (TPSA) is 47.3 Å². The zero-order valence-corrected chi connectivity index (χ0v) is 13.8. The molecule has 114 valence electrons. The molecule has 0 bridgehead atoms. The molecule has 0 saturated carbocycles. The molecule has 0 aliphatic rings. The summed E-state index contributed by atoms with van der Waals surface area (Å²) >= 11 is 1.56. The average Bonchev–Trinajstić information content (AvgIpc) is 2.75. The van der Waals surface area contributed by atoms with Crippen molar-refractivity contribution >= 4 is 11.8 Å². The summed E-state index contributed by atoms with van der Waals surface area (Å²) in [7, 11) is 1.71. The Morgan fingerprint density at radius 2 is 2.10 bits per heavy atom. The third-order valence-electron chi connectivity index (χ3n) is 3.33. The molecule has 0 fully saturated rings. The second-order valence-electron chi connectivity index (χ2n) is 4.98. The molecule has 0 aliphatic carbocycles. The van der Waals surface area contributed by atoms with Crippen LogP contribution < -0.4 is 5.32 Å². The maximum atomic E-state index is 5.61. The van der Waals surface area contributed by atoms with Crippen LogP contribution in [0.4, 0.5) is 0 Å². The zero-order chi connectivity index (χ0) is 15.2. The summed E-state index contributed by atoms with van der Waals surface area (Å²) in [6, 6.07) is 6.44. The van der Waals surface area contributed by atoms with Crippen LogP contribution in [0.5, 0.6) is 0 Å². The van der Waals surface area contributed by atoms with Crippen molar-refractivity contribution in [3.05, 3.63) is 40.8 Å². The minimum atomic E-state index is 0.704. The van der Waals surface area contributed by atoms with Crippen molar-refractivity contribution in [2.24, 2.45) is 0 Å². The normalized spacial score (nSPS) is 11.0. The summed E-state index contributed by atoms with van der Waals surface area (Å²) in [5.41, 5.74) is 3.52. The van der Waals surface area contributed by atoms with Crippen molar-refractivity contribution in [3.8, 4) is 0 Å². The van der Waals surface area contributed by atoms with Crippen LogP contribution in [0.25, 0.3) is 0 Å². The number of benzene rings is 1. The fourth-order valence-electron chi connectivity index (χ4n) is 1.92. The summed E-state index contributed by atoms with van der Waals surface area (Å²) in [5, 5.41) is 4.06. The van der Waals surface area contributed by atoms with Gasteiger partial charge in [0.25, 0.3) is 5.22 Å². The Hall–Kier alpha value is -1.30. The number of aryl methyl sites for hydroxylation is 3. The Labute approximate surface area is 130 Å². The lowest BCUT2D eigenvalue weighted by molar-refractivity contribution is 0.199. The lowest BCUT2D eigenvalue weighted by Crippen LogP contribution is -2.19. The van der Waals surface area contributed by atoms with Gasteiger partial charge in [0.05, 0.1) is 12.3 Å². The second-order valence-corrected chi connectivity index (χ2v) is 6.01. The van der Waals surface area contributed by atoms with Crippen molar-refractivity contribution in [1.82, 2.24) is 10.3 Å². The molecule has 2 aromatic rings. The summed E-state index contributed by atoms with van der Waals surface area (Å²) < 4.78 is 10.6. The van der Waals surface area contributed by atoms with E-state index in [2.05, 4.69) is 35.4 Å². The molecule has 21 heavy (non-hydrogen) atoms. The van der Waals surface area contributed by atoms with Gasteiger partial charge in [0.1, 0.15) is 5.76 Å². The van der Waals surface area contributed by atoms with E-state index in [0.717, 1.165) is 36.0 Å². The fourth-order valence-corrected chi connectivity index (χ4v) is 2.84. The molecule has 1 heterocycles. The monoisotopic (exact) mass is 306 g/mol. The van der Waals surface area contributed by atoms with Crippen molar-refractivity contribution in [1.29, 1.82) is 0 Å². The number of methoxy groups -OCH3 is 1. The predicted molar refractivity (Wildman–Crippen MR) is 84.9 cm³/mol. The molecule has 0 radical (unpaired) electrons. The van der Waals surface area contributed by atoms with E-state index in [4.69, 9.17) is 9.15 Å². The van der Waals surface area contributed by atoms with Crippen LogP contribution in [-0.2, 0) is 11.3 Å². The third kappa shape index (κ3) is 4.59. The molecule has 0 unspecified atom stereocenters. The van der Waals surface area contributed by atoms with Crippen LogP contribution >= 0.6 is 11.8 Å². The molecule has 0 aliphatic heterocycles. The smallest absolute Gasteiger partial charge is 0.260 e. The molecule has 1 aromatic carbocycles. The summed E-state index contributed by atoms with van der Waals surface area (Å²) in [5.74, 6) is 0.883. The molecule has 0 atom stereocenters. The molecular formula is C16H22N2O2S. The largest absolute Gasteiger partial charge is 0.436 e. The maximum Gasteiger partial charge on any atom is 0.260 e. The van der Waals surface area contributed by atoms with Gasteiger partial charge in [0.2, 0.25) is 0 Å². The van der Waals surface area contributed by atoms with Gasteiger partial charge in [-0.2, -0.15) is 0 Å². The lowest BCUT2D eigenvalue weighted by atomic mass is 10.1. The number of ether oxygens (including phenoxy) is 1. The molecule has 0 saturated heterocycles. The van der Waals surface area contributed by atoms with Crippen molar-refractivity contribution < 1.29 is 9.15 Å². The Kier molecular flexibility index (Phi) is 5.85. The fraction of sp³-hybridized carbons (Fsp3) is 0.438. The minimum absolute atomic E-state index is 0.704. The first-order valence-corrected chi connectivity index (χ1v) is 7.83. The Bertz CT molecular complexity index is 576. The van der Waals surface area contributed by atoms with E-state index in [1.54, 1.807) is 18.9 Å². The number of rotatable bonds is 7. The number of nitrogens with zero attached hydrogens (tertiary/aromatic N) is 1. The molecule has 5 heteroatoms. The first-order valence-electron chi connectivity index (χ1n) is 7.01. The standard InChI is InChI=1S/C16H22N2O2S/c1-11-9-15(21-16-18-12(2)13(3)20-16)6-5-14(11)10-17-7-8-19-4/h5-6,9,17H,7-8,10H2,1-4H3. The van der Waals surface area contributed by atoms with Crippen LogP contribution in [0.3, 0.4) is 0 Å². The highest BCUT2D eigenvalue weighted by Crippen LogP contribution is 2.29. The predicted octanol–water partition coefficient (Wildman–Crippen LogP) is 3.49. The van der Waals surface area contributed by atoms with E-state index >= 15 is 0 Å². The minimum Gasteiger partial charge on any atom is -0.436 e. The van der Waals surface area contributed by atoms with Gasteiger partial charge >= 0.3 is 0 Å². The number of aromatic nitrogens is 1.